The molecule has 0 saturated carbocycles. The van der Waals surface area contributed by atoms with Crippen molar-refractivity contribution >= 4 is 11.9 Å². The topological polar surface area (TPSA) is 114 Å². The predicted octanol–water partition coefficient (Wildman–Crippen LogP) is -2.44. The van der Waals surface area contributed by atoms with E-state index in [1.807, 2.05) is 0 Å². The van der Waals surface area contributed by atoms with Gasteiger partial charge in [0.15, 0.2) is 0 Å². The van der Waals surface area contributed by atoms with E-state index in [-0.39, 0.29) is 78.0 Å². The van der Waals surface area contributed by atoms with Crippen LogP contribution in [-0.2, 0) is 19.1 Å². The quantitative estimate of drug-likeness (QED) is 0.317. The van der Waals surface area contributed by atoms with E-state index in [1.165, 1.54) is 0 Å². The molecule has 0 heterocycles. The second-order valence-corrected chi connectivity index (χ2v) is 3.77. The molecule has 7 nitrogen and oxygen atoms in total. The van der Waals surface area contributed by atoms with Gasteiger partial charge in [0.1, 0.15) is 0 Å². The molecule has 0 aliphatic carbocycles. The molecule has 0 radical (unpaired) electrons. The van der Waals surface area contributed by atoms with Gasteiger partial charge in [-0.25, -0.2) is 0 Å². The molecule has 0 aromatic rings. The molecular formula is C15H37N2NaO5. The number of carboxylic acid groups (broad SMARTS) is 1. The number of aliphatic carboxylic acids is 1. The van der Waals surface area contributed by atoms with Crippen LogP contribution in [0.3, 0.4) is 0 Å². The number of carbonyl (C=O) groups excluding carboxylic acids is 2. The molecule has 23 heavy (non-hydrogen) atoms. The van der Waals surface area contributed by atoms with Crippen LogP contribution in [0.25, 0.3) is 0 Å². The zero-order chi connectivity index (χ0) is 13.8. The summed E-state index contributed by atoms with van der Waals surface area (Å²) >= 11 is 0. The normalized spacial score (nSPS) is 9.48. The van der Waals surface area contributed by atoms with Gasteiger partial charge < -0.3 is 30.4 Å². The minimum Gasteiger partial charge on any atom is -0.550 e. The van der Waals surface area contributed by atoms with Crippen LogP contribution in [0.4, 0.5) is 0 Å². The molecule has 138 valence electrons. The first-order valence-electron chi connectivity index (χ1n) is 5.87. The number of hydrogen-bond donors (Lipinski definition) is 2. The predicted molar refractivity (Wildman–Crippen MR) is 89.5 cm³/mol. The van der Waals surface area contributed by atoms with Gasteiger partial charge in [-0.2, -0.15) is 0 Å². The smallest absolute Gasteiger partial charge is 0.550 e. The molecular weight excluding hydrogens is 311 g/mol. The largest absolute Gasteiger partial charge is 1.00 e. The summed E-state index contributed by atoms with van der Waals surface area (Å²) in [4.78, 5) is 21.6. The van der Waals surface area contributed by atoms with Crippen LogP contribution in [0.15, 0.2) is 0 Å². The molecule has 0 spiro atoms. The van der Waals surface area contributed by atoms with Crippen molar-refractivity contribution < 1.29 is 53.7 Å². The van der Waals surface area contributed by atoms with E-state index in [1.54, 1.807) is 7.11 Å². The SMILES string of the molecule is C.C.C.C.COCCOCCCNC(=O)C(N)CCC(=O)[O-].[Na+]. The Balaban J connectivity index is -0.000000144. The summed E-state index contributed by atoms with van der Waals surface area (Å²) in [6, 6.07) is -0.808. The molecule has 3 N–H and O–H groups in total. The molecule has 1 unspecified atom stereocenters. The van der Waals surface area contributed by atoms with Crippen LogP contribution < -0.4 is 45.7 Å². The average Bonchev–Trinajstić information content (AvgIpc) is 2.34. The monoisotopic (exact) mass is 348 g/mol. The van der Waals surface area contributed by atoms with E-state index in [4.69, 9.17) is 15.2 Å². The van der Waals surface area contributed by atoms with E-state index >= 15 is 0 Å². The van der Waals surface area contributed by atoms with Gasteiger partial charge in [0.2, 0.25) is 5.91 Å². The Kier molecular flexibility index (Phi) is 44.6. The van der Waals surface area contributed by atoms with E-state index in [9.17, 15) is 14.7 Å². The maximum atomic E-state index is 11.4. The van der Waals surface area contributed by atoms with Gasteiger partial charge in [0.05, 0.1) is 19.3 Å². The Hall–Kier alpha value is -0.180. The molecule has 0 aliphatic heterocycles. The minimum atomic E-state index is -1.20. The van der Waals surface area contributed by atoms with Crippen LogP contribution in [0.2, 0.25) is 0 Å². The van der Waals surface area contributed by atoms with Crippen molar-refractivity contribution in [3.05, 3.63) is 0 Å². The number of carboxylic acids is 1. The van der Waals surface area contributed by atoms with Crippen molar-refractivity contribution in [2.45, 2.75) is 55.0 Å². The third kappa shape index (κ3) is 27.0. The number of rotatable bonds is 11. The standard InChI is InChI=1S/C11H22N2O5.4CH4.Na/c1-17-7-8-18-6-2-5-13-11(16)9(12)3-4-10(14)15;;;;;/h9H,2-8,12H2,1H3,(H,13,16)(H,14,15);4*1H4;/q;;;;;+1/p-1. The first kappa shape index (κ1) is 38.4. The number of nitrogens with two attached hydrogens (primary N) is 1. The number of methoxy groups -OCH3 is 1. The Morgan fingerprint density at radius 1 is 1.13 bits per heavy atom. The fourth-order valence-electron chi connectivity index (χ4n) is 1.17. The fourth-order valence-corrected chi connectivity index (χ4v) is 1.17. The first-order valence-corrected chi connectivity index (χ1v) is 5.87. The fraction of sp³-hybridized carbons (Fsp3) is 0.867. The van der Waals surface area contributed by atoms with Crippen LogP contribution in [0.1, 0.15) is 49.0 Å². The Bertz CT molecular complexity index is 256. The van der Waals surface area contributed by atoms with E-state index in [0.717, 1.165) is 0 Å². The van der Waals surface area contributed by atoms with Gasteiger partial charge in [-0.3, -0.25) is 4.79 Å². The zero-order valence-electron chi connectivity index (χ0n) is 11.6. The van der Waals surface area contributed by atoms with Crippen LogP contribution >= 0.6 is 0 Å². The van der Waals surface area contributed by atoms with Crippen molar-refractivity contribution in [2.24, 2.45) is 5.73 Å². The van der Waals surface area contributed by atoms with Gasteiger partial charge in [0.25, 0.3) is 0 Å². The number of hydrogen-bond acceptors (Lipinski definition) is 6. The maximum absolute atomic E-state index is 11.4. The Morgan fingerprint density at radius 2 is 1.70 bits per heavy atom. The molecule has 0 bridgehead atoms. The van der Waals surface area contributed by atoms with Gasteiger partial charge >= 0.3 is 29.6 Å². The number of carbonyl (C=O) groups is 2. The van der Waals surface area contributed by atoms with Gasteiger partial charge in [0, 0.05) is 26.2 Å². The summed E-state index contributed by atoms with van der Waals surface area (Å²) in [6.45, 7) is 2.04. The molecule has 0 saturated heterocycles. The third-order valence-electron chi connectivity index (χ3n) is 2.19. The average molecular weight is 348 g/mol. The molecule has 0 fully saturated rings. The van der Waals surface area contributed by atoms with Gasteiger partial charge in [-0.1, -0.05) is 29.7 Å². The molecule has 1 atom stereocenters. The van der Waals surface area contributed by atoms with E-state index in [2.05, 4.69) is 5.32 Å². The number of amides is 1. The Morgan fingerprint density at radius 3 is 2.17 bits per heavy atom. The Labute approximate surface area is 165 Å². The zero-order valence-corrected chi connectivity index (χ0v) is 13.6. The molecule has 8 heteroatoms. The van der Waals surface area contributed by atoms with Gasteiger partial charge in [-0.05, 0) is 19.3 Å². The van der Waals surface area contributed by atoms with E-state index in [0.29, 0.717) is 32.8 Å². The number of ether oxygens (including phenoxy) is 2. The minimum absolute atomic E-state index is 0. The summed E-state index contributed by atoms with van der Waals surface area (Å²) in [5, 5.41) is 12.8. The summed E-state index contributed by atoms with van der Waals surface area (Å²) in [7, 11) is 1.59. The van der Waals surface area contributed by atoms with Crippen molar-refractivity contribution in [1.29, 1.82) is 0 Å². The molecule has 0 aromatic carbocycles. The second-order valence-electron chi connectivity index (χ2n) is 3.77. The van der Waals surface area contributed by atoms with Crippen molar-refractivity contribution in [2.75, 3.05) is 33.5 Å². The van der Waals surface area contributed by atoms with Crippen molar-refractivity contribution in [1.82, 2.24) is 5.32 Å². The first-order chi connectivity index (χ1) is 8.57. The van der Waals surface area contributed by atoms with Crippen LogP contribution in [-0.4, -0.2) is 51.4 Å². The number of nitrogens with one attached hydrogen (secondary N) is 1. The molecule has 1 amide bonds. The van der Waals surface area contributed by atoms with Gasteiger partial charge in [-0.15, -0.1) is 0 Å². The second kappa shape index (κ2) is 26.7. The molecule has 0 aromatic heterocycles. The van der Waals surface area contributed by atoms with Crippen molar-refractivity contribution in [3.63, 3.8) is 0 Å². The summed E-state index contributed by atoms with van der Waals surface area (Å²) in [5.74, 6) is -1.56. The van der Waals surface area contributed by atoms with Crippen LogP contribution in [0.5, 0.6) is 0 Å². The molecule has 0 rings (SSSR count). The maximum Gasteiger partial charge on any atom is 1.00 e. The van der Waals surface area contributed by atoms with Crippen molar-refractivity contribution in [3.8, 4) is 0 Å². The summed E-state index contributed by atoms with van der Waals surface area (Å²) in [6.07, 6.45) is 0.538. The van der Waals surface area contributed by atoms with E-state index < -0.39 is 12.0 Å². The third-order valence-corrected chi connectivity index (χ3v) is 2.19. The van der Waals surface area contributed by atoms with Crippen LogP contribution in [0, 0.1) is 0 Å². The molecule has 0 aliphatic rings. The summed E-state index contributed by atoms with van der Waals surface area (Å²) < 4.78 is 10.0. The summed E-state index contributed by atoms with van der Waals surface area (Å²) in [5.41, 5.74) is 5.50.